The first-order chi connectivity index (χ1) is 12.5. The minimum atomic E-state index is -3.15. The first kappa shape index (κ1) is 19.4. The molecule has 2 aromatic rings. The van der Waals surface area contributed by atoms with Crippen LogP contribution in [-0.4, -0.2) is 37.8 Å². The molecule has 3 N–H and O–H groups in total. The zero-order valence-corrected chi connectivity index (χ0v) is 16.6. The highest BCUT2D eigenvalue weighted by Gasteiger charge is 2.26. The lowest BCUT2D eigenvalue weighted by atomic mass is 9.86. The second-order valence-electron chi connectivity index (χ2n) is 7.74. The minimum Gasteiger partial charge on any atom is -0.361 e. The highest BCUT2D eigenvalue weighted by atomic mass is 32.2. The molecular weight excluding hydrogens is 346 g/mol. The van der Waals surface area contributed by atoms with Gasteiger partial charge in [-0.15, -0.1) is 0 Å². The van der Waals surface area contributed by atoms with Crippen molar-refractivity contribution >= 4 is 20.9 Å². The summed E-state index contributed by atoms with van der Waals surface area (Å²) in [5.74, 6) is 0.651. The van der Waals surface area contributed by atoms with Crippen molar-refractivity contribution in [1.29, 1.82) is 0 Å². The maximum absolute atomic E-state index is 12.0. The van der Waals surface area contributed by atoms with E-state index in [9.17, 15) is 8.42 Å². The van der Waals surface area contributed by atoms with Crippen LogP contribution in [0.15, 0.2) is 30.5 Å². The van der Waals surface area contributed by atoms with Crippen LogP contribution >= 0.6 is 0 Å². The van der Waals surface area contributed by atoms with Crippen LogP contribution in [-0.2, 0) is 16.4 Å². The van der Waals surface area contributed by atoms with Crippen LogP contribution < -0.4 is 10.0 Å². The van der Waals surface area contributed by atoms with Crippen molar-refractivity contribution in [2.75, 3.05) is 13.1 Å². The summed E-state index contributed by atoms with van der Waals surface area (Å²) in [5.41, 5.74) is 2.56. The first-order valence-electron chi connectivity index (χ1n) is 9.72. The predicted molar refractivity (Wildman–Crippen MR) is 108 cm³/mol. The molecule has 26 heavy (non-hydrogen) atoms. The molecule has 0 aliphatic heterocycles. The van der Waals surface area contributed by atoms with Gasteiger partial charge in [0.2, 0.25) is 10.0 Å². The van der Waals surface area contributed by atoms with E-state index in [4.69, 9.17) is 0 Å². The van der Waals surface area contributed by atoms with Crippen LogP contribution in [0.2, 0.25) is 0 Å². The van der Waals surface area contributed by atoms with Crippen molar-refractivity contribution < 1.29 is 8.42 Å². The summed E-state index contributed by atoms with van der Waals surface area (Å²) in [6.45, 7) is 5.45. The highest BCUT2D eigenvalue weighted by molar-refractivity contribution is 7.90. The van der Waals surface area contributed by atoms with Crippen molar-refractivity contribution in [3.63, 3.8) is 0 Å². The molecule has 1 heterocycles. The molecule has 0 bridgehead atoms. The van der Waals surface area contributed by atoms with Gasteiger partial charge in [-0.05, 0) is 76.6 Å². The fraction of sp³-hybridized carbons (Fsp3) is 0.600. The Balaban J connectivity index is 1.37. The number of hydrogen-bond donors (Lipinski definition) is 3. The third-order valence-corrected chi connectivity index (χ3v) is 7.38. The summed E-state index contributed by atoms with van der Waals surface area (Å²) in [6.07, 6.45) is 7.20. The third-order valence-electron chi connectivity index (χ3n) is 5.48. The number of fused-ring (bicyclic) bond motifs is 1. The second-order valence-corrected chi connectivity index (χ2v) is 10.0. The van der Waals surface area contributed by atoms with Crippen LogP contribution in [0.4, 0.5) is 0 Å². The Morgan fingerprint density at radius 1 is 1.15 bits per heavy atom. The molecule has 1 aromatic carbocycles. The minimum absolute atomic E-state index is 0.116. The molecule has 1 fully saturated rings. The molecule has 1 aliphatic rings. The molecule has 0 unspecified atom stereocenters. The van der Waals surface area contributed by atoms with Gasteiger partial charge in [0, 0.05) is 23.1 Å². The van der Waals surface area contributed by atoms with Crippen LogP contribution in [0.25, 0.3) is 10.9 Å². The Kier molecular flexibility index (Phi) is 6.37. The smallest absolute Gasteiger partial charge is 0.214 e. The maximum atomic E-state index is 12.0. The van der Waals surface area contributed by atoms with E-state index in [1.807, 2.05) is 0 Å². The van der Waals surface area contributed by atoms with E-state index in [1.165, 1.54) is 16.5 Å². The Morgan fingerprint density at radius 3 is 2.62 bits per heavy atom. The number of aromatic amines is 1. The Hall–Kier alpha value is -1.37. The number of benzene rings is 1. The van der Waals surface area contributed by atoms with E-state index < -0.39 is 10.0 Å². The SMILES string of the molecule is CC(C)S(=O)(=O)NC1CCC(CNCCc2c[nH]c3ccccc23)CC1. The Bertz CT molecular complexity index is 805. The van der Waals surface area contributed by atoms with E-state index in [0.29, 0.717) is 5.92 Å². The van der Waals surface area contributed by atoms with Gasteiger partial charge in [-0.1, -0.05) is 18.2 Å². The lowest BCUT2D eigenvalue weighted by Gasteiger charge is -2.29. The molecule has 1 saturated carbocycles. The van der Waals surface area contributed by atoms with Gasteiger partial charge in [0.15, 0.2) is 0 Å². The number of rotatable bonds is 8. The highest BCUT2D eigenvalue weighted by Crippen LogP contribution is 2.24. The van der Waals surface area contributed by atoms with Crippen molar-refractivity contribution in [2.24, 2.45) is 5.92 Å². The maximum Gasteiger partial charge on any atom is 0.214 e. The number of sulfonamides is 1. The summed E-state index contributed by atoms with van der Waals surface area (Å²) >= 11 is 0. The number of H-pyrrole nitrogens is 1. The molecule has 0 saturated heterocycles. The Labute approximate surface area is 157 Å². The first-order valence-corrected chi connectivity index (χ1v) is 11.3. The lowest BCUT2D eigenvalue weighted by Crippen LogP contribution is -2.42. The average Bonchev–Trinajstić information content (AvgIpc) is 3.03. The van der Waals surface area contributed by atoms with Gasteiger partial charge in [0.25, 0.3) is 0 Å². The van der Waals surface area contributed by atoms with Crippen LogP contribution in [0.1, 0.15) is 45.1 Å². The van der Waals surface area contributed by atoms with Crippen LogP contribution in [0.3, 0.4) is 0 Å². The quantitative estimate of drug-likeness (QED) is 0.619. The molecule has 6 heteroatoms. The Morgan fingerprint density at radius 2 is 1.88 bits per heavy atom. The molecule has 1 aliphatic carbocycles. The topological polar surface area (TPSA) is 74.0 Å². The normalized spacial score (nSPS) is 21.5. The molecule has 0 atom stereocenters. The molecule has 0 spiro atoms. The standard InChI is InChI=1S/C20H31N3O2S/c1-15(2)26(24,25)23-18-9-7-16(8-10-18)13-21-12-11-17-14-22-20-6-4-3-5-19(17)20/h3-6,14-16,18,21-23H,7-13H2,1-2H3. The van der Waals surface area contributed by atoms with Crippen molar-refractivity contribution in [1.82, 2.24) is 15.0 Å². The van der Waals surface area contributed by atoms with E-state index >= 15 is 0 Å². The largest absolute Gasteiger partial charge is 0.361 e. The molecule has 0 amide bonds. The van der Waals surface area contributed by atoms with Gasteiger partial charge in [0.05, 0.1) is 5.25 Å². The zero-order valence-electron chi connectivity index (χ0n) is 15.8. The van der Waals surface area contributed by atoms with Crippen molar-refractivity contribution in [3.05, 3.63) is 36.0 Å². The van der Waals surface area contributed by atoms with Gasteiger partial charge in [-0.3, -0.25) is 0 Å². The van der Waals surface area contributed by atoms with Crippen LogP contribution in [0, 0.1) is 5.92 Å². The summed E-state index contributed by atoms with van der Waals surface area (Å²) in [5, 5.41) is 4.54. The molecular formula is C20H31N3O2S. The van der Waals surface area contributed by atoms with Gasteiger partial charge < -0.3 is 10.3 Å². The summed E-state index contributed by atoms with van der Waals surface area (Å²) < 4.78 is 26.8. The molecule has 0 radical (unpaired) electrons. The lowest BCUT2D eigenvalue weighted by molar-refractivity contribution is 0.303. The molecule has 5 nitrogen and oxygen atoms in total. The second kappa shape index (κ2) is 8.55. The summed E-state index contributed by atoms with van der Waals surface area (Å²) in [4.78, 5) is 3.33. The third kappa shape index (κ3) is 4.87. The average molecular weight is 378 g/mol. The van der Waals surface area contributed by atoms with E-state index in [0.717, 1.165) is 45.2 Å². The van der Waals surface area contributed by atoms with Gasteiger partial charge >= 0.3 is 0 Å². The monoisotopic (exact) mass is 377 g/mol. The summed E-state index contributed by atoms with van der Waals surface area (Å²) in [6, 6.07) is 8.53. The molecule has 144 valence electrons. The van der Waals surface area contributed by atoms with Crippen LogP contribution in [0.5, 0.6) is 0 Å². The predicted octanol–water partition coefficient (Wildman–Crippen LogP) is 3.19. The van der Waals surface area contributed by atoms with E-state index in [-0.39, 0.29) is 11.3 Å². The fourth-order valence-electron chi connectivity index (χ4n) is 3.72. The number of hydrogen-bond acceptors (Lipinski definition) is 3. The number of para-hydroxylation sites is 1. The van der Waals surface area contributed by atoms with E-state index in [1.54, 1.807) is 13.8 Å². The van der Waals surface area contributed by atoms with Gasteiger partial charge in [-0.25, -0.2) is 13.1 Å². The zero-order chi connectivity index (χ0) is 18.6. The summed E-state index contributed by atoms with van der Waals surface area (Å²) in [7, 11) is -3.15. The number of nitrogens with one attached hydrogen (secondary N) is 3. The molecule has 1 aromatic heterocycles. The number of aromatic nitrogens is 1. The molecule has 3 rings (SSSR count). The van der Waals surface area contributed by atoms with E-state index in [2.05, 4.69) is 45.5 Å². The van der Waals surface area contributed by atoms with Gasteiger partial charge in [-0.2, -0.15) is 0 Å². The van der Waals surface area contributed by atoms with Gasteiger partial charge in [0.1, 0.15) is 0 Å². The fourth-order valence-corrected chi connectivity index (χ4v) is 4.69. The van der Waals surface area contributed by atoms with Crippen molar-refractivity contribution in [2.45, 2.75) is 57.2 Å². The van der Waals surface area contributed by atoms with Crippen molar-refractivity contribution in [3.8, 4) is 0 Å².